The molecule has 1 atom stereocenters. The molecule has 1 heteroatoms. The zero-order valence-corrected chi connectivity index (χ0v) is 44.6. The Morgan fingerprint density at radius 1 is 0.333 bits per heavy atom. The van der Waals surface area contributed by atoms with Crippen LogP contribution < -0.4 is 15.6 Å². The molecule has 0 heterocycles. The average molecular weight is 906 g/mol. The van der Waals surface area contributed by atoms with E-state index in [0.29, 0.717) is 5.54 Å². The van der Waals surface area contributed by atoms with Crippen molar-refractivity contribution in [3.8, 4) is 0 Å². The molecule has 0 aromatic heterocycles. The molecule has 0 saturated carbocycles. The first-order valence-corrected chi connectivity index (χ1v) is 30.4. The van der Waals surface area contributed by atoms with Gasteiger partial charge in [-0.25, -0.2) is 0 Å². The van der Waals surface area contributed by atoms with Crippen molar-refractivity contribution >= 4 is 29.2 Å². The number of hydrogen-bond acceptors (Lipinski definition) is 0. The van der Waals surface area contributed by atoms with Crippen LogP contribution in [0.3, 0.4) is 0 Å². The summed E-state index contributed by atoms with van der Waals surface area (Å²) in [6, 6.07) is 36.0. The standard InChI is InChI=1S/C65H96Si/c1-7-13-19-26-34-54-44-55(35-27-20-14-8-2)48-63(47-54)66(62-43-42-61(53-62)60-40-32-25-33-41-60,64-49-56(36-28-21-15-9-3)45-57(50-64)37-29-22-16-10-4)65-51-58(38-30-23-17-11-5)46-59(52-65)39-31-24-18-12-6/h25,32-33,40-53,62H,7-24,26-31,34-39H2,1-6H3. The van der Waals surface area contributed by atoms with E-state index >= 15 is 0 Å². The van der Waals surface area contributed by atoms with Gasteiger partial charge in [-0.15, -0.1) is 0 Å². The predicted octanol–water partition coefficient (Wildman–Crippen LogP) is 17.9. The summed E-state index contributed by atoms with van der Waals surface area (Å²) in [6.07, 6.45) is 46.5. The summed E-state index contributed by atoms with van der Waals surface area (Å²) in [7, 11) is -2.84. The third kappa shape index (κ3) is 16.7. The van der Waals surface area contributed by atoms with Crippen LogP contribution in [0, 0.1) is 0 Å². The van der Waals surface area contributed by atoms with Crippen molar-refractivity contribution in [3.63, 3.8) is 0 Å². The van der Waals surface area contributed by atoms with Gasteiger partial charge in [0.25, 0.3) is 0 Å². The molecule has 4 aromatic rings. The second-order valence-electron chi connectivity index (χ2n) is 20.7. The maximum atomic E-state index is 2.79. The average Bonchev–Trinajstić information content (AvgIpc) is 3.83. The first kappa shape index (κ1) is 53.5. The molecule has 0 N–H and O–H groups in total. The van der Waals surface area contributed by atoms with Crippen LogP contribution in [0.2, 0.25) is 5.54 Å². The number of unbranched alkanes of at least 4 members (excludes halogenated alkanes) is 18. The van der Waals surface area contributed by atoms with Crippen LogP contribution in [0.25, 0.3) is 5.57 Å². The lowest BCUT2D eigenvalue weighted by Crippen LogP contribution is -2.69. The zero-order valence-electron chi connectivity index (χ0n) is 43.6. The highest BCUT2D eigenvalue weighted by Gasteiger charge is 2.47. The van der Waals surface area contributed by atoms with Gasteiger partial charge in [0.05, 0.1) is 0 Å². The fourth-order valence-corrected chi connectivity index (χ4v) is 16.5. The number of allylic oxidation sites excluding steroid dienone is 4. The van der Waals surface area contributed by atoms with Gasteiger partial charge in [0, 0.05) is 5.54 Å². The lowest BCUT2D eigenvalue weighted by atomic mass is 10.00. The largest absolute Gasteiger partial charge is 0.158 e. The molecule has 0 saturated heterocycles. The lowest BCUT2D eigenvalue weighted by Gasteiger charge is -2.39. The van der Waals surface area contributed by atoms with Gasteiger partial charge in [0.2, 0.25) is 0 Å². The fourth-order valence-electron chi connectivity index (χ4n) is 11.1. The van der Waals surface area contributed by atoms with E-state index in [1.165, 1.54) is 204 Å². The van der Waals surface area contributed by atoms with Gasteiger partial charge in [0.15, 0.2) is 8.07 Å². The maximum Gasteiger partial charge on any atom is 0.158 e. The topological polar surface area (TPSA) is 0 Å². The van der Waals surface area contributed by atoms with E-state index in [-0.39, 0.29) is 0 Å². The van der Waals surface area contributed by atoms with Crippen molar-refractivity contribution in [3.05, 3.63) is 142 Å². The number of benzene rings is 4. The molecule has 360 valence electrons. The Labute approximate surface area is 409 Å². The van der Waals surface area contributed by atoms with Crippen molar-refractivity contribution in [2.24, 2.45) is 0 Å². The Bertz CT molecular complexity index is 1730. The highest BCUT2D eigenvalue weighted by atomic mass is 28.3. The molecule has 0 fully saturated rings. The van der Waals surface area contributed by atoms with Crippen molar-refractivity contribution in [1.82, 2.24) is 0 Å². The van der Waals surface area contributed by atoms with E-state index < -0.39 is 8.07 Å². The van der Waals surface area contributed by atoms with E-state index in [4.69, 9.17) is 0 Å². The van der Waals surface area contributed by atoms with Crippen molar-refractivity contribution in [1.29, 1.82) is 0 Å². The second-order valence-corrected chi connectivity index (χ2v) is 24.7. The molecular formula is C65H96Si. The van der Waals surface area contributed by atoms with Crippen LogP contribution in [0.5, 0.6) is 0 Å². The highest BCUT2D eigenvalue weighted by molar-refractivity contribution is 7.13. The summed E-state index contributed by atoms with van der Waals surface area (Å²) in [4.78, 5) is 0. The minimum absolute atomic E-state index is 0.308. The van der Waals surface area contributed by atoms with Crippen LogP contribution >= 0.6 is 0 Å². The number of rotatable bonds is 35. The molecular weight excluding hydrogens is 809 g/mol. The summed E-state index contributed by atoms with van der Waals surface area (Å²) in [5, 5.41) is 5.00. The van der Waals surface area contributed by atoms with Gasteiger partial charge in [-0.3, -0.25) is 0 Å². The predicted molar refractivity (Wildman–Crippen MR) is 298 cm³/mol. The minimum Gasteiger partial charge on any atom is -0.0787 e. The SMILES string of the molecule is CCCCCCc1cc(CCCCCC)cc([Si](c2cc(CCCCCC)cc(CCCCCC)c2)(c2cc(CCCCCC)cc(CCCCCC)c2)C2C=CC(c3ccccc3)=C2)c1. The molecule has 4 aromatic carbocycles. The summed E-state index contributed by atoms with van der Waals surface area (Å²) in [5.41, 5.74) is 12.6. The molecule has 66 heavy (non-hydrogen) atoms. The van der Waals surface area contributed by atoms with Crippen molar-refractivity contribution < 1.29 is 0 Å². The maximum absolute atomic E-state index is 2.84. The monoisotopic (exact) mass is 905 g/mol. The number of aryl methyl sites for hydroxylation is 6. The summed E-state index contributed by atoms with van der Waals surface area (Å²) in [6.45, 7) is 14.1. The van der Waals surface area contributed by atoms with Gasteiger partial charge in [-0.2, -0.15) is 0 Å². The van der Waals surface area contributed by atoms with E-state index in [0.717, 1.165) is 0 Å². The number of hydrogen-bond donors (Lipinski definition) is 0. The fraction of sp³-hybridized carbons (Fsp3) is 0.569. The van der Waals surface area contributed by atoms with Gasteiger partial charge >= 0.3 is 0 Å². The van der Waals surface area contributed by atoms with Gasteiger partial charge in [-0.1, -0.05) is 260 Å². The Morgan fingerprint density at radius 3 is 0.894 bits per heavy atom. The van der Waals surface area contributed by atoms with Gasteiger partial charge in [-0.05, 0) is 137 Å². The normalized spacial score (nSPS) is 13.8. The molecule has 1 aliphatic carbocycles. The Hall–Kier alpha value is -3.42. The highest BCUT2D eigenvalue weighted by Crippen LogP contribution is 2.37. The second kappa shape index (κ2) is 30.9. The van der Waals surface area contributed by atoms with Gasteiger partial charge < -0.3 is 0 Å². The molecule has 1 unspecified atom stereocenters. The third-order valence-electron chi connectivity index (χ3n) is 14.9. The molecule has 0 bridgehead atoms. The van der Waals surface area contributed by atoms with E-state index in [1.807, 2.05) is 0 Å². The summed E-state index contributed by atoms with van der Waals surface area (Å²) >= 11 is 0. The van der Waals surface area contributed by atoms with E-state index in [9.17, 15) is 0 Å². The Morgan fingerprint density at radius 2 is 0.621 bits per heavy atom. The van der Waals surface area contributed by atoms with Crippen LogP contribution in [0.4, 0.5) is 0 Å². The summed E-state index contributed by atoms with van der Waals surface area (Å²) in [5.74, 6) is 0. The van der Waals surface area contributed by atoms with Crippen molar-refractivity contribution in [2.45, 2.75) is 240 Å². The molecule has 0 aliphatic heterocycles. The van der Waals surface area contributed by atoms with Crippen molar-refractivity contribution in [2.75, 3.05) is 0 Å². The Kier molecular flexibility index (Phi) is 25.0. The molecule has 0 radical (unpaired) electrons. The molecule has 1 aliphatic rings. The van der Waals surface area contributed by atoms with Gasteiger partial charge in [0.1, 0.15) is 0 Å². The van der Waals surface area contributed by atoms with Crippen LogP contribution in [0.1, 0.15) is 235 Å². The van der Waals surface area contributed by atoms with Crippen LogP contribution in [-0.4, -0.2) is 8.07 Å². The minimum atomic E-state index is -2.84. The Balaban J connectivity index is 1.87. The zero-order chi connectivity index (χ0) is 46.7. The smallest absolute Gasteiger partial charge is 0.0787 e. The van der Waals surface area contributed by atoms with E-state index in [2.05, 4.69) is 145 Å². The first-order chi connectivity index (χ1) is 32.5. The lowest BCUT2D eigenvalue weighted by molar-refractivity contribution is 0.661. The van der Waals surface area contributed by atoms with Crippen LogP contribution in [-0.2, 0) is 38.5 Å². The third-order valence-corrected chi connectivity index (χ3v) is 19.8. The van der Waals surface area contributed by atoms with Crippen LogP contribution in [0.15, 0.2) is 103 Å². The molecule has 0 nitrogen and oxygen atoms in total. The molecule has 0 amide bonds. The van der Waals surface area contributed by atoms with E-state index in [1.54, 1.807) is 48.9 Å². The molecule has 5 rings (SSSR count). The summed E-state index contributed by atoms with van der Waals surface area (Å²) < 4.78 is 0. The molecule has 0 spiro atoms. The first-order valence-electron chi connectivity index (χ1n) is 28.3. The quantitative estimate of drug-likeness (QED) is 0.0245.